The van der Waals surface area contributed by atoms with Crippen LogP contribution in [0.25, 0.3) is 10.9 Å². The lowest BCUT2D eigenvalue weighted by atomic mass is 10.1. The summed E-state index contributed by atoms with van der Waals surface area (Å²) in [5.74, 6) is -0.321. The van der Waals surface area contributed by atoms with Crippen molar-refractivity contribution in [1.82, 2.24) is 4.98 Å². The van der Waals surface area contributed by atoms with Crippen LogP contribution < -0.4 is 0 Å². The minimum Gasteiger partial charge on any atom is -0.464 e. The molecule has 72 valence electrons. The number of aromatic amines is 1. The highest BCUT2D eigenvalue weighted by atomic mass is 16.5. The van der Waals surface area contributed by atoms with Crippen molar-refractivity contribution >= 4 is 16.9 Å². The molecule has 0 bridgehead atoms. The Balaban J connectivity index is 2.68. The number of methoxy groups -OCH3 is 1. The normalized spacial score (nSPS) is 10.4. The maximum Gasteiger partial charge on any atom is 0.354 e. The van der Waals surface area contributed by atoms with Gasteiger partial charge >= 0.3 is 5.97 Å². The van der Waals surface area contributed by atoms with Gasteiger partial charge < -0.3 is 9.72 Å². The number of benzene rings is 1. The van der Waals surface area contributed by atoms with Gasteiger partial charge in [0.1, 0.15) is 5.69 Å². The molecule has 0 spiro atoms. The number of H-pyrrole nitrogens is 1. The van der Waals surface area contributed by atoms with Crippen molar-refractivity contribution in [3.8, 4) is 0 Å². The summed E-state index contributed by atoms with van der Waals surface area (Å²) < 4.78 is 4.68. The van der Waals surface area contributed by atoms with E-state index >= 15 is 0 Å². The number of hydrogen-bond donors (Lipinski definition) is 1. The molecular formula is C11H11NO2. The predicted molar refractivity (Wildman–Crippen MR) is 54.4 cm³/mol. The number of nitrogens with one attached hydrogen (secondary N) is 1. The maximum absolute atomic E-state index is 11.4. The van der Waals surface area contributed by atoms with Gasteiger partial charge in [-0.15, -0.1) is 0 Å². The highest BCUT2D eigenvalue weighted by Crippen LogP contribution is 2.21. The fourth-order valence-corrected chi connectivity index (χ4v) is 1.59. The summed E-state index contributed by atoms with van der Waals surface area (Å²) in [7, 11) is 1.38. The quantitative estimate of drug-likeness (QED) is 0.699. The Hall–Kier alpha value is -1.77. The Labute approximate surface area is 81.7 Å². The average Bonchev–Trinajstić information content (AvgIpc) is 2.56. The number of carbonyl (C=O) groups is 1. The van der Waals surface area contributed by atoms with Gasteiger partial charge in [0.2, 0.25) is 0 Å². The number of hydrogen-bond acceptors (Lipinski definition) is 2. The van der Waals surface area contributed by atoms with E-state index in [1.807, 2.05) is 31.2 Å². The van der Waals surface area contributed by atoms with Crippen LogP contribution in [0.4, 0.5) is 0 Å². The number of aromatic nitrogens is 1. The molecule has 0 aliphatic carbocycles. The van der Waals surface area contributed by atoms with E-state index in [9.17, 15) is 4.79 Å². The number of ether oxygens (including phenoxy) is 1. The van der Waals surface area contributed by atoms with E-state index < -0.39 is 0 Å². The van der Waals surface area contributed by atoms with E-state index in [0.717, 1.165) is 16.5 Å². The van der Waals surface area contributed by atoms with Crippen LogP contribution in [0, 0.1) is 6.92 Å². The minimum absolute atomic E-state index is 0.321. The van der Waals surface area contributed by atoms with Gasteiger partial charge in [0.05, 0.1) is 7.11 Å². The summed E-state index contributed by atoms with van der Waals surface area (Å²) in [6.07, 6.45) is 0. The Morgan fingerprint density at radius 1 is 1.36 bits per heavy atom. The molecule has 0 fully saturated rings. The van der Waals surface area contributed by atoms with Crippen LogP contribution in [-0.2, 0) is 4.74 Å². The van der Waals surface area contributed by atoms with Crippen molar-refractivity contribution in [2.24, 2.45) is 0 Å². The second kappa shape index (κ2) is 3.18. The van der Waals surface area contributed by atoms with Crippen molar-refractivity contribution in [2.45, 2.75) is 6.92 Å². The summed E-state index contributed by atoms with van der Waals surface area (Å²) in [5.41, 5.74) is 2.44. The summed E-state index contributed by atoms with van der Waals surface area (Å²) >= 11 is 0. The fraction of sp³-hybridized carbons (Fsp3) is 0.182. The number of fused-ring (bicyclic) bond motifs is 1. The number of esters is 1. The smallest absolute Gasteiger partial charge is 0.354 e. The van der Waals surface area contributed by atoms with Crippen molar-refractivity contribution < 1.29 is 9.53 Å². The molecular weight excluding hydrogens is 178 g/mol. The molecule has 0 amide bonds. The summed E-state index contributed by atoms with van der Waals surface area (Å²) in [5, 5.41) is 1.06. The first-order chi connectivity index (χ1) is 6.74. The third-order valence-electron chi connectivity index (χ3n) is 2.36. The van der Waals surface area contributed by atoms with Crippen molar-refractivity contribution in [3.05, 3.63) is 35.5 Å². The van der Waals surface area contributed by atoms with Gasteiger partial charge in [-0.05, 0) is 18.6 Å². The number of aryl methyl sites for hydroxylation is 1. The van der Waals surface area contributed by atoms with Gasteiger partial charge in [-0.1, -0.05) is 18.2 Å². The van der Waals surface area contributed by atoms with E-state index in [2.05, 4.69) is 9.72 Å². The van der Waals surface area contributed by atoms with E-state index in [1.165, 1.54) is 7.11 Å². The summed E-state index contributed by atoms with van der Waals surface area (Å²) in [4.78, 5) is 14.4. The molecule has 0 aliphatic rings. The molecule has 1 heterocycles. The molecule has 1 N–H and O–H groups in total. The van der Waals surface area contributed by atoms with Crippen LogP contribution in [0.5, 0.6) is 0 Å². The van der Waals surface area contributed by atoms with E-state index in [4.69, 9.17) is 0 Å². The maximum atomic E-state index is 11.4. The zero-order valence-corrected chi connectivity index (χ0v) is 8.13. The van der Waals surface area contributed by atoms with Gasteiger partial charge in [0, 0.05) is 10.9 Å². The first-order valence-corrected chi connectivity index (χ1v) is 4.39. The Morgan fingerprint density at radius 2 is 2.07 bits per heavy atom. The van der Waals surface area contributed by atoms with Crippen LogP contribution >= 0.6 is 0 Å². The summed E-state index contributed by atoms with van der Waals surface area (Å²) in [6, 6.07) is 7.80. The molecule has 3 nitrogen and oxygen atoms in total. The largest absolute Gasteiger partial charge is 0.464 e. The summed E-state index contributed by atoms with van der Waals surface area (Å²) in [6.45, 7) is 1.91. The highest BCUT2D eigenvalue weighted by molar-refractivity contribution is 5.97. The standard InChI is InChI=1S/C11H11NO2/c1-7-8-5-3-4-6-9(8)12-10(7)11(13)14-2/h3-6,12H,1-2H3. The lowest BCUT2D eigenvalue weighted by Crippen LogP contribution is -2.02. The predicted octanol–water partition coefficient (Wildman–Crippen LogP) is 2.26. The second-order valence-corrected chi connectivity index (χ2v) is 3.16. The van der Waals surface area contributed by atoms with Crippen molar-refractivity contribution in [3.63, 3.8) is 0 Å². The molecule has 1 aromatic carbocycles. The third-order valence-corrected chi connectivity index (χ3v) is 2.36. The molecule has 0 radical (unpaired) electrons. The highest BCUT2D eigenvalue weighted by Gasteiger charge is 2.13. The zero-order valence-electron chi connectivity index (χ0n) is 8.13. The molecule has 3 heteroatoms. The van der Waals surface area contributed by atoms with Crippen LogP contribution in [0.3, 0.4) is 0 Å². The molecule has 0 unspecified atom stereocenters. The molecule has 0 aliphatic heterocycles. The molecule has 14 heavy (non-hydrogen) atoms. The lowest BCUT2D eigenvalue weighted by Gasteiger charge is -1.95. The molecule has 1 aromatic heterocycles. The Kier molecular flexibility index (Phi) is 2.00. The topological polar surface area (TPSA) is 42.1 Å². The number of rotatable bonds is 1. The van der Waals surface area contributed by atoms with Gasteiger partial charge in [0.15, 0.2) is 0 Å². The Morgan fingerprint density at radius 3 is 2.71 bits per heavy atom. The second-order valence-electron chi connectivity index (χ2n) is 3.16. The van der Waals surface area contributed by atoms with Crippen LogP contribution in [0.2, 0.25) is 0 Å². The number of para-hydroxylation sites is 1. The Bertz CT molecular complexity index is 485. The minimum atomic E-state index is -0.321. The van der Waals surface area contributed by atoms with Crippen molar-refractivity contribution in [2.75, 3.05) is 7.11 Å². The van der Waals surface area contributed by atoms with Crippen LogP contribution in [0.1, 0.15) is 16.1 Å². The van der Waals surface area contributed by atoms with Gasteiger partial charge in [-0.2, -0.15) is 0 Å². The number of carbonyl (C=O) groups excluding carboxylic acids is 1. The van der Waals surface area contributed by atoms with Gasteiger partial charge in [0.25, 0.3) is 0 Å². The molecule has 0 saturated heterocycles. The molecule has 0 saturated carbocycles. The van der Waals surface area contributed by atoms with E-state index in [1.54, 1.807) is 0 Å². The molecule has 0 atom stereocenters. The zero-order chi connectivity index (χ0) is 10.1. The van der Waals surface area contributed by atoms with E-state index in [0.29, 0.717) is 5.69 Å². The molecule has 2 aromatic rings. The first kappa shape index (κ1) is 8.81. The SMILES string of the molecule is COC(=O)c1[nH]c2ccccc2c1C. The average molecular weight is 189 g/mol. The van der Waals surface area contributed by atoms with Crippen molar-refractivity contribution in [1.29, 1.82) is 0 Å². The third kappa shape index (κ3) is 1.18. The van der Waals surface area contributed by atoms with Gasteiger partial charge in [-0.3, -0.25) is 0 Å². The first-order valence-electron chi connectivity index (χ1n) is 4.39. The lowest BCUT2D eigenvalue weighted by molar-refractivity contribution is 0.0594. The van der Waals surface area contributed by atoms with E-state index in [-0.39, 0.29) is 5.97 Å². The van der Waals surface area contributed by atoms with Crippen LogP contribution in [0.15, 0.2) is 24.3 Å². The fourth-order valence-electron chi connectivity index (χ4n) is 1.59. The van der Waals surface area contributed by atoms with Gasteiger partial charge in [-0.25, -0.2) is 4.79 Å². The monoisotopic (exact) mass is 189 g/mol. The molecule has 2 rings (SSSR count). The van der Waals surface area contributed by atoms with Crippen LogP contribution in [-0.4, -0.2) is 18.1 Å².